The van der Waals surface area contributed by atoms with Crippen LogP contribution in [0.25, 0.3) is 22.3 Å². The average Bonchev–Trinajstić information content (AvgIpc) is 3.87. The minimum Gasteiger partial charge on any atom is -0.382 e. The number of nitrogen functional groups attached to an aromatic ring is 1. The standard InChI is InChI=1S/C29H31FN9O11PS/c1-14-36-26-20(27(40)37-14)35-13-39(26)29-23(45-9-15-5-3-2-4-6-15)22-17(48-29)10-46-51(41,42)49-21-16(7-8-52(43,44)50-22)47-28(18(21)30)38-12-34-19-24(31)32-11-33-25(19)38/h2-6,11-13,16-18,21-23,28-29H,7-10H2,1H3,(H,41,42)(H2,31,32,33)(H,36,37,40)/t16-,17-,18-,21-,22-,23-,28-,29-/m1/s1. The van der Waals surface area contributed by atoms with Crippen LogP contribution in [-0.4, -0.2) is 101 Å². The van der Waals surface area contributed by atoms with Gasteiger partial charge in [0.05, 0.1) is 37.7 Å². The molecule has 3 saturated heterocycles. The summed E-state index contributed by atoms with van der Waals surface area (Å²) in [6, 6.07) is 8.97. The van der Waals surface area contributed by atoms with Crippen molar-refractivity contribution < 1.29 is 49.7 Å². The Morgan fingerprint density at radius 3 is 2.56 bits per heavy atom. The number of hydrogen-bond acceptors (Lipinski definition) is 16. The minimum absolute atomic E-state index is 0.0230. The molecular formula is C29H31FN9O11PS. The first-order valence-electron chi connectivity index (χ1n) is 15.9. The highest BCUT2D eigenvalue weighted by Crippen LogP contribution is 2.51. The number of nitrogens with two attached hydrogens (primary N) is 1. The van der Waals surface area contributed by atoms with Gasteiger partial charge in [-0.1, -0.05) is 30.3 Å². The van der Waals surface area contributed by atoms with E-state index in [1.54, 1.807) is 31.2 Å². The Labute approximate surface area is 292 Å². The summed E-state index contributed by atoms with van der Waals surface area (Å²) < 4.78 is 94.3. The van der Waals surface area contributed by atoms with Crippen molar-refractivity contribution in [2.24, 2.45) is 0 Å². The number of anilines is 1. The molecule has 1 unspecified atom stereocenters. The Bertz CT molecular complexity index is 2350. The summed E-state index contributed by atoms with van der Waals surface area (Å²) in [6.45, 7) is 0.768. The molecule has 276 valence electrons. The maximum absolute atomic E-state index is 16.1. The number of aromatic amines is 1. The zero-order valence-corrected chi connectivity index (χ0v) is 28.7. The molecule has 0 saturated carbocycles. The summed E-state index contributed by atoms with van der Waals surface area (Å²) in [5.41, 5.74) is 6.42. The van der Waals surface area contributed by atoms with E-state index in [0.29, 0.717) is 0 Å². The molecule has 5 aromatic rings. The van der Waals surface area contributed by atoms with Crippen LogP contribution in [-0.2, 0) is 48.7 Å². The van der Waals surface area contributed by atoms with Crippen molar-refractivity contribution in [3.8, 4) is 0 Å². The van der Waals surface area contributed by atoms with E-state index in [4.69, 9.17) is 33.2 Å². The first-order valence-corrected chi connectivity index (χ1v) is 19.0. The van der Waals surface area contributed by atoms with Crippen molar-refractivity contribution in [3.05, 3.63) is 71.1 Å². The summed E-state index contributed by atoms with van der Waals surface area (Å²) in [6.07, 6.45) is -8.88. The third-order valence-electron chi connectivity index (χ3n) is 8.89. The molecule has 4 N–H and O–H groups in total. The molecule has 0 radical (unpaired) electrons. The van der Waals surface area contributed by atoms with Crippen LogP contribution in [0.5, 0.6) is 0 Å². The quantitative estimate of drug-likeness (QED) is 0.168. The highest BCUT2D eigenvalue weighted by atomic mass is 32.2. The maximum atomic E-state index is 16.1. The second kappa shape index (κ2) is 13.3. The lowest BCUT2D eigenvalue weighted by molar-refractivity contribution is -0.0754. The summed E-state index contributed by atoms with van der Waals surface area (Å²) in [4.78, 5) is 46.7. The number of aryl methyl sites for hydroxylation is 1. The van der Waals surface area contributed by atoms with Gasteiger partial charge in [0.25, 0.3) is 15.7 Å². The van der Waals surface area contributed by atoms with Crippen LogP contribution in [0.15, 0.2) is 54.1 Å². The van der Waals surface area contributed by atoms with E-state index in [1.165, 1.54) is 21.8 Å². The first kappa shape index (κ1) is 34.8. The lowest BCUT2D eigenvalue weighted by Crippen LogP contribution is -2.41. The van der Waals surface area contributed by atoms with E-state index >= 15 is 4.39 Å². The van der Waals surface area contributed by atoms with Crippen LogP contribution in [0, 0.1) is 6.92 Å². The molecule has 52 heavy (non-hydrogen) atoms. The number of benzene rings is 1. The molecule has 0 bridgehead atoms. The van der Waals surface area contributed by atoms with E-state index in [0.717, 1.165) is 11.9 Å². The lowest BCUT2D eigenvalue weighted by atomic mass is 10.1. The van der Waals surface area contributed by atoms with Gasteiger partial charge >= 0.3 is 7.82 Å². The molecule has 1 aromatic carbocycles. The number of phosphoric acid groups is 1. The van der Waals surface area contributed by atoms with Crippen molar-refractivity contribution in [1.29, 1.82) is 0 Å². The Morgan fingerprint density at radius 1 is 1.04 bits per heavy atom. The van der Waals surface area contributed by atoms with Gasteiger partial charge in [0.15, 0.2) is 41.3 Å². The highest BCUT2D eigenvalue weighted by Gasteiger charge is 2.54. The van der Waals surface area contributed by atoms with E-state index in [2.05, 4.69) is 29.9 Å². The zero-order valence-electron chi connectivity index (χ0n) is 27.0. The monoisotopic (exact) mass is 763 g/mol. The Kier molecular flexibility index (Phi) is 8.91. The van der Waals surface area contributed by atoms with Gasteiger partial charge in [-0.25, -0.2) is 33.9 Å². The Morgan fingerprint density at radius 2 is 1.77 bits per heavy atom. The van der Waals surface area contributed by atoms with Gasteiger partial charge in [0, 0.05) is 0 Å². The molecule has 3 aliphatic rings. The molecular weight excluding hydrogens is 732 g/mol. The Hall–Kier alpha value is -4.25. The second-order valence-corrected chi connectivity index (χ2v) is 15.5. The summed E-state index contributed by atoms with van der Waals surface area (Å²) in [7, 11) is -9.58. The number of halogens is 1. The number of nitrogens with one attached hydrogen (secondary N) is 1. The van der Waals surface area contributed by atoms with E-state index in [9.17, 15) is 22.7 Å². The highest BCUT2D eigenvalue weighted by molar-refractivity contribution is 7.86. The average molecular weight is 764 g/mol. The fraction of sp³-hybridized carbons (Fsp3) is 0.448. The minimum atomic E-state index is -5.09. The smallest absolute Gasteiger partial charge is 0.382 e. The van der Waals surface area contributed by atoms with Crippen molar-refractivity contribution >= 4 is 46.1 Å². The lowest BCUT2D eigenvalue weighted by Gasteiger charge is -2.27. The number of rotatable bonds is 5. The van der Waals surface area contributed by atoms with Gasteiger partial charge in [0.1, 0.15) is 42.1 Å². The SMILES string of the molecule is Cc1nc2c(ncn2[C@@H]2O[C@@H]3COP(=O)(O)O[C@H]4[C@@H](F)[C@H](n5cnc6c(N)ncnc65)O[C@@H]4CCS(=O)(=O)O[C@H]3[C@H]2OCc2ccccc2)c(=O)[nH]1. The van der Waals surface area contributed by atoms with Crippen LogP contribution in [0.4, 0.5) is 10.2 Å². The maximum Gasteiger partial charge on any atom is 0.472 e. The van der Waals surface area contributed by atoms with Gasteiger partial charge in [-0.3, -0.25) is 27.2 Å². The number of hydrogen-bond donors (Lipinski definition) is 3. The van der Waals surface area contributed by atoms with Crippen molar-refractivity contribution in [2.75, 3.05) is 18.1 Å². The van der Waals surface area contributed by atoms with Crippen LogP contribution in [0.1, 0.15) is 30.3 Å². The van der Waals surface area contributed by atoms with Crippen LogP contribution < -0.4 is 11.3 Å². The molecule has 23 heteroatoms. The molecule has 8 rings (SSSR count). The molecule has 4 aromatic heterocycles. The van der Waals surface area contributed by atoms with E-state index in [1.807, 2.05) is 6.07 Å². The molecule has 3 fully saturated rings. The predicted octanol–water partition coefficient (Wildman–Crippen LogP) is 1.19. The van der Waals surface area contributed by atoms with Gasteiger partial charge < -0.3 is 29.8 Å². The van der Waals surface area contributed by atoms with Gasteiger partial charge in [-0.15, -0.1) is 0 Å². The fourth-order valence-electron chi connectivity index (χ4n) is 6.51. The number of ether oxygens (including phenoxy) is 3. The second-order valence-electron chi connectivity index (χ2n) is 12.3. The van der Waals surface area contributed by atoms with Crippen molar-refractivity contribution in [1.82, 2.24) is 39.0 Å². The van der Waals surface area contributed by atoms with Gasteiger partial charge in [-0.2, -0.15) is 8.42 Å². The number of alkyl halides is 1. The number of imidazole rings is 2. The largest absolute Gasteiger partial charge is 0.472 e. The number of fused-ring (bicyclic) bond motifs is 4. The first-order chi connectivity index (χ1) is 24.9. The summed E-state index contributed by atoms with van der Waals surface area (Å²) in [5, 5.41) is 0. The number of aromatic nitrogens is 8. The van der Waals surface area contributed by atoms with E-state index in [-0.39, 0.29) is 40.6 Å². The van der Waals surface area contributed by atoms with Crippen LogP contribution in [0.3, 0.4) is 0 Å². The van der Waals surface area contributed by atoms with Crippen molar-refractivity contribution in [3.63, 3.8) is 0 Å². The topological polar surface area (TPSA) is 260 Å². The summed E-state index contributed by atoms with van der Waals surface area (Å²) in [5.74, 6) is -0.430. The Balaban J connectivity index is 1.12. The fourth-order valence-corrected chi connectivity index (χ4v) is 8.66. The molecule has 0 spiro atoms. The molecule has 7 heterocycles. The number of H-pyrrole nitrogens is 1. The van der Waals surface area contributed by atoms with Crippen LogP contribution >= 0.6 is 7.82 Å². The van der Waals surface area contributed by atoms with Gasteiger partial charge in [-0.05, 0) is 18.9 Å². The summed E-state index contributed by atoms with van der Waals surface area (Å²) >= 11 is 0. The molecule has 0 amide bonds. The molecule has 9 atom stereocenters. The normalized spacial score (nSPS) is 32.3. The molecule has 0 aliphatic carbocycles. The third-order valence-corrected chi connectivity index (χ3v) is 11.1. The molecule has 3 aliphatic heterocycles. The number of phosphoric ester groups is 1. The molecule has 20 nitrogen and oxygen atoms in total. The van der Waals surface area contributed by atoms with Crippen molar-refractivity contribution in [2.45, 2.75) is 69.1 Å². The zero-order chi connectivity index (χ0) is 36.4. The predicted molar refractivity (Wildman–Crippen MR) is 174 cm³/mol. The third kappa shape index (κ3) is 6.50. The van der Waals surface area contributed by atoms with E-state index < -0.39 is 91.4 Å². The van der Waals surface area contributed by atoms with Gasteiger partial charge in [0.2, 0.25) is 0 Å². The number of nitrogens with zero attached hydrogens (tertiary/aromatic N) is 7. The van der Waals surface area contributed by atoms with Crippen LogP contribution in [0.2, 0.25) is 0 Å².